The molecule has 9 rings (SSSR count). The van der Waals surface area contributed by atoms with Crippen LogP contribution < -0.4 is 4.90 Å². The smallest absolute Gasteiger partial charge is 0.159 e. The summed E-state index contributed by atoms with van der Waals surface area (Å²) in [6.07, 6.45) is 0. The molecule has 0 N–H and O–H groups in total. The molecule has 0 spiro atoms. The fraction of sp³-hybridized carbons (Fsp3) is 0. The zero-order valence-electron chi connectivity index (χ0n) is 26.3. The molecule has 0 saturated heterocycles. The van der Waals surface area contributed by atoms with Crippen LogP contribution in [0.25, 0.3) is 66.1 Å². The Morgan fingerprint density at radius 1 is 0.354 bits per heavy atom. The molecule has 0 saturated carbocycles. The summed E-state index contributed by atoms with van der Waals surface area (Å²) in [4.78, 5) is 2.35. The quantitative estimate of drug-likeness (QED) is 0.185. The van der Waals surface area contributed by atoms with E-state index in [4.69, 9.17) is 4.42 Å². The second kappa shape index (κ2) is 11.8. The third-order valence-electron chi connectivity index (χ3n) is 9.26. The average molecular weight is 614 g/mol. The third kappa shape index (κ3) is 4.74. The van der Waals surface area contributed by atoms with Gasteiger partial charge in [0.25, 0.3) is 0 Å². The molecule has 9 aromatic rings. The van der Waals surface area contributed by atoms with E-state index in [1.54, 1.807) is 0 Å². The Balaban J connectivity index is 1.34. The van der Waals surface area contributed by atoms with E-state index >= 15 is 0 Å². The monoisotopic (exact) mass is 613 g/mol. The Bertz CT molecular complexity index is 2530. The molecule has 2 nitrogen and oxygen atoms in total. The fourth-order valence-corrected chi connectivity index (χ4v) is 7.01. The molecule has 0 fully saturated rings. The van der Waals surface area contributed by atoms with Crippen molar-refractivity contribution in [2.45, 2.75) is 0 Å². The molecule has 1 aromatic heterocycles. The number of hydrogen-bond donors (Lipinski definition) is 0. The molecule has 2 heteroatoms. The highest BCUT2D eigenvalue weighted by Gasteiger charge is 2.24. The number of benzene rings is 8. The van der Waals surface area contributed by atoms with Gasteiger partial charge in [-0.2, -0.15) is 0 Å². The molecule has 0 aliphatic rings. The second-order valence-corrected chi connectivity index (χ2v) is 12.1. The number of fused-ring (bicyclic) bond motifs is 5. The number of hydrogen-bond acceptors (Lipinski definition) is 2. The molecule has 0 atom stereocenters. The SMILES string of the molecule is c1ccc(-c2ccc(N(c3ccccc3-c3ccccc3)c3cccc4c3oc3c(-c5ccccc5)cc5ccccc5c34)cc2)cc1. The Labute approximate surface area is 279 Å². The summed E-state index contributed by atoms with van der Waals surface area (Å²) in [6.45, 7) is 0. The standard InChI is InChI=1S/C46H31NO/c1-4-15-32(16-5-1)33-27-29-37(30-28-33)47(42-25-13-12-22-38(42)34-17-6-2-7-18-34)43-26-14-24-40-44-39-23-11-10-21-36(39)31-41(46(44)48-45(40)43)35-19-8-3-9-20-35/h1-31H. The summed E-state index contributed by atoms with van der Waals surface area (Å²) in [5.41, 5.74) is 11.8. The largest absolute Gasteiger partial charge is 0.453 e. The van der Waals surface area contributed by atoms with Crippen molar-refractivity contribution in [3.8, 4) is 33.4 Å². The lowest BCUT2D eigenvalue weighted by Gasteiger charge is -2.28. The molecule has 0 unspecified atom stereocenters. The first-order valence-corrected chi connectivity index (χ1v) is 16.4. The van der Waals surface area contributed by atoms with E-state index in [0.717, 1.165) is 61.3 Å². The molecule has 226 valence electrons. The first-order valence-electron chi connectivity index (χ1n) is 16.4. The predicted molar refractivity (Wildman–Crippen MR) is 202 cm³/mol. The van der Waals surface area contributed by atoms with Crippen LogP contribution >= 0.6 is 0 Å². The summed E-state index contributed by atoms with van der Waals surface area (Å²) in [7, 11) is 0. The maximum atomic E-state index is 7.10. The second-order valence-electron chi connectivity index (χ2n) is 12.1. The topological polar surface area (TPSA) is 16.4 Å². The van der Waals surface area contributed by atoms with Gasteiger partial charge in [0.1, 0.15) is 5.58 Å². The lowest BCUT2D eigenvalue weighted by Crippen LogP contribution is -2.11. The maximum Gasteiger partial charge on any atom is 0.159 e. The number of rotatable bonds is 6. The van der Waals surface area contributed by atoms with Gasteiger partial charge in [0.15, 0.2) is 5.58 Å². The molecule has 48 heavy (non-hydrogen) atoms. The Hall–Kier alpha value is -6.38. The molecule has 8 aromatic carbocycles. The summed E-state index contributed by atoms with van der Waals surface area (Å²) >= 11 is 0. The molecule has 0 aliphatic heterocycles. The van der Waals surface area contributed by atoms with Gasteiger partial charge in [-0.15, -0.1) is 0 Å². The highest BCUT2D eigenvalue weighted by molar-refractivity contribution is 6.24. The van der Waals surface area contributed by atoms with Crippen molar-refractivity contribution in [2.24, 2.45) is 0 Å². The molecular formula is C46H31NO. The summed E-state index contributed by atoms with van der Waals surface area (Å²) in [5.74, 6) is 0. The summed E-state index contributed by atoms with van der Waals surface area (Å²) in [5, 5.41) is 4.62. The van der Waals surface area contributed by atoms with Crippen LogP contribution in [0.3, 0.4) is 0 Å². The minimum absolute atomic E-state index is 0.857. The van der Waals surface area contributed by atoms with E-state index in [0.29, 0.717) is 0 Å². The van der Waals surface area contributed by atoms with Crippen LogP contribution in [0, 0.1) is 0 Å². The van der Waals surface area contributed by atoms with E-state index in [9.17, 15) is 0 Å². The van der Waals surface area contributed by atoms with E-state index in [2.05, 4.69) is 193 Å². The predicted octanol–water partition coefficient (Wildman–Crippen LogP) is 13.2. The average Bonchev–Trinajstić information content (AvgIpc) is 3.57. The zero-order chi connectivity index (χ0) is 31.9. The maximum absolute atomic E-state index is 7.10. The zero-order valence-corrected chi connectivity index (χ0v) is 26.3. The molecule has 0 radical (unpaired) electrons. The van der Waals surface area contributed by atoms with E-state index in [-0.39, 0.29) is 0 Å². The minimum Gasteiger partial charge on any atom is -0.453 e. The number of furan rings is 1. The first-order chi connectivity index (χ1) is 23.8. The lowest BCUT2D eigenvalue weighted by molar-refractivity contribution is 0.670. The summed E-state index contributed by atoms with van der Waals surface area (Å²) in [6, 6.07) is 66.6. The third-order valence-corrected chi connectivity index (χ3v) is 9.26. The molecule has 0 bridgehead atoms. The van der Waals surface area contributed by atoms with Crippen molar-refractivity contribution < 1.29 is 4.42 Å². The van der Waals surface area contributed by atoms with Crippen molar-refractivity contribution in [1.29, 1.82) is 0 Å². The van der Waals surface area contributed by atoms with Gasteiger partial charge in [-0.25, -0.2) is 0 Å². The van der Waals surface area contributed by atoms with Crippen LogP contribution in [0.4, 0.5) is 17.1 Å². The van der Waals surface area contributed by atoms with E-state index in [1.165, 1.54) is 21.9 Å². The van der Waals surface area contributed by atoms with E-state index < -0.39 is 0 Å². The fourth-order valence-electron chi connectivity index (χ4n) is 7.01. The Morgan fingerprint density at radius 2 is 0.896 bits per heavy atom. The van der Waals surface area contributed by atoms with Crippen LogP contribution in [0.2, 0.25) is 0 Å². The van der Waals surface area contributed by atoms with Gasteiger partial charge in [0.05, 0.1) is 11.4 Å². The van der Waals surface area contributed by atoms with Crippen LogP contribution in [-0.4, -0.2) is 0 Å². The van der Waals surface area contributed by atoms with Crippen molar-refractivity contribution in [2.75, 3.05) is 4.90 Å². The van der Waals surface area contributed by atoms with Crippen molar-refractivity contribution in [3.63, 3.8) is 0 Å². The van der Waals surface area contributed by atoms with Gasteiger partial charge < -0.3 is 9.32 Å². The lowest BCUT2D eigenvalue weighted by atomic mass is 9.96. The van der Waals surface area contributed by atoms with Gasteiger partial charge in [-0.3, -0.25) is 0 Å². The highest BCUT2D eigenvalue weighted by Crippen LogP contribution is 2.48. The molecule has 0 amide bonds. The van der Waals surface area contributed by atoms with Gasteiger partial charge in [0.2, 0.25) is 0 Å². The Morgan fingerprint density at radius 3 is 1.62 bits per heavy atom. The number of para-hydroxylation sites is 2. The van der Waals surface area contributed by atoms with Crippen molar-refractivity contribution in [1.82, 2.24) is 0 Å². The van der Waals surface area contributed by atoms with Gasteiger partial charge in [-0.1, -0.05) is 158 Å². The number of anilines is 3. The molecule has 1 heterocycles. The van der Waals surface area contributed by atoms with Gasteiger partial charge >= 0.3 is 0 Å². The van der Waals surface area contributed by atoms with Gasteiger partial charge in [0, 0.05) is 27.6 Å². The van der Waals surface area contributed by atoms with Crippen LogP contribution in [-0.2, 0) is 0 Å². The van der Waals surface area contributed by atoms with E-state index in [1.807, 2.05) is 0 Å². The Kier molecular flexibility index (Phi) is 6.84. The molecular weight excluding hydrogens is 583 g/mol. The van der Waals surface area contributed by atoms with Crippen LogP contribution in [0.5, 0.6) is 0 Å². The van der Waals surface area contributed by atoms with Crippen molar-refractivity contribution >= 4 is 49.8 Å². The van der Waals surface area contributed by atoms with Gasteiger partial charge in [-0.05, 0) is 63.4 Å². The van der Waals surface area contributed by atoms with Crippen molar-refractivity contribution in [3.05, 3.63) is 188 Å². The normalized spacial score (nSPS) is 11.3. The minimum atomic E-state index is 0.857. The van der Waals surface area contributed by atoms with Crippen LogP contribution in [0.1, 0.15) is 0 Å². The summed E-state index contributed by atoms with van der Waals surface area (Å²) < 4.78 is 7.10. The highest BCUT2D eigenvalue weighted by atomic mass is 16.3. The van der Waals surface area contributed by atoms with Crippen LogP contribution in [0.15, 0.2) is 192 Å². The first kappa shape index (κ1) is 27.9. The molecule has 0 aliphatic carbocycles. The number of nitrogens with zero attached hydrogens (tertiary/aromatic N) is 1.